The number of hydrogen-bond donors (Lipinski definition) is 1. The molecule has 0 bridgehead atoms. The van der Waals surface area contributed by atoms with E-state index >= 15 is 0 Å². The Balaban J connectivity index is 2.26. The molecule has 1 N–H and O–H groups in total. The number of nitrogens with one attached hydrogen (secondary N) is 1. The summed E-state index contributed by atoms with van der Waals surface area (Å²) in [6.07, 6.45) is 0. The van der Waals surface area contributed by atoms with Crippen molar-refractivity contribution in [2.24, 2.45) is 0 Å². The zero-order chi connectivity index (χ0) is 13.8. The summed E-state index contributed by atoms with van der Waals surface area (Å²) in [6.45, 7) is 2.73. The molecule has 0 amide bonds. The van der Waals surface area contributed by atoms with Gasteiger partial charge in [0.1, 0.15) is 17.3 Å². The molecule has 0 atom stereocenters. The van der Waals surface area contributed by atoms with Crippen molar-refractivity contribution in [3.05, 3.63) is 58.4 Å². The Morgan fingerprint density at radius 1 is 1.21 bits per heavy atom. The predicted molar refractivity (Wildman–Crippen MR) is 75.4 cm³/mol. The second-order valence-electron chi connectivity index (χ2n) is 4.31. The molecule has 0 unspecified atom stereocenters. The number of ether oxygens (including phenoxy) is 1. The highest BCUT2D eigenvalue weighted by molar-refractivity contribution is 6.30. The second-order valence-corrected chi connectivity index (χ2v) is 4.72. The first-order valence-electron chi connectivity index (χ1n) is 5.97. The largest absolute Gasteiger partial charge is 0.457 e. The molecule has 0 fully saturated rings. The van der Waals surface area contributed by atoms with E-state index in [-0.39, 0.29) is 5.02 Å². The molecule has 2 aromatic carbocycles. The van der Waals surface area contributed by atoms with Crippen LogP contribution < -0.4 is 10.1 Å². The number of rotatable bonds is 4. The summed E-state index contributed by atoms with van der Waals surface area (Å²) in [5, 5.41) is 3.14. The molecule has 0 aliphatic rings. The summed E-state index contributed by atoms with van der Waals surface area (Å²) in [4.78, 5) is 0. The average Bonchev–Trinajstić information content (AvgIpc) is 2.38. The highest BCUT2D eigenvalue weighted by Crippen LogP contribution is 2.28. The smallest absolute Gasteiger partial charge is 0.142 e. The first-order valence-corrected chi connectivity index (χ1v) is 6.35. The molecule has 0 aliphatic carbocycles. The molecule has 0 spiro atoms. The Labute approximate surface area is 117 Å². The van der Waals surface area contributed by atoms with Crippen molar-refractivity contribution in [3.63, 3.8) is 0 Å². The fourth-order valence-corrected chi connectivity index (χ4v) is 1.91. The standard InChI is InChI=1S/C15H15ClFNO/c1-10-3-4-11(9-18-2)7-15(10)19-12-5-6-14(17)13(16)8-12/h3-8,18H,9H2,1-2H3. The Morgan fingerprint density at radius 2 is 2.00 bits per heavy atom. The summed E-state index contributed by atoms with van der Waals surface area (Å²) in [5.41, 5.74) is 2.14. The number of benzene rings is 2. The van der Waals surface area contributed by atoms with Crippen LogP contribution in [0.5, 0.6) is 11.5 Å². The van der Waals surface area contributed by atoms with Gasteiger partial charge in [-0.05, 0) is 43.3 Å². The van der Waals surface area contributed by atoms with Crippen LogP contribution >= 0.6 is 11.6 Å². The van der Waals surface area contributed by atoms with Gasteiger partial charge in [0, 0.05) is 12.6 Å². The van der Waals surface area contributed by atoms with Crippen LogP contribution in [0.2, 0.25) is 5.02 Å². The summed E-state index contributed by atoms with van der Waals surface area (Å²) >= 11 is 5.74. The zero-order valence-electron chi connectivity index (χ0n) is 10.8. The molecular weight excluding hydrogens is 265 g/mol. The van der Waals surface area contributed by atoms with Crippen LogP contribution in [0.3, 0.4) is 0 Å². The Bertz CT molecular complexity index is 586. The topological polar surface area (TPSA) is 21.3 Å². The maximum Gasteiger partial charge on any atom is 0.142 e. The van der Waals surface area contributed by atoms with Gasteiger partial charge in [-0.1, -0.05) is 23.7 Å². The lowest BCUT2D eigenvalue weighted by molar-refractivity contribution is 0.476. The fraction of sp³-hybridized carbons (Fsp3) is 0.200. The maximum atomic E-state index is 13.1. The van der Waals surface area contributed by atoms with Crippen LogP contribution in [0.1, 0.15) is 11.1 Å². The van der Waals surface area contributed by atoms with Gasteiger partial charge in [0.2, 0.25) is 0 Å². The van der Waals surface area contributed by atoms with E-state index in [4.69, 9.17) is 16.3 Å². The zero-order valence-corrected chi connectivity index (χ0v) is 11.6. The van der Waals surface area contributed by atoms with Crippen molar-refractivity contribution in [3.8, 4) is 11.5 Å². The van der Waals surface area contributed by atoms with Gasteiger partial charge in [0.15, 0.2) is 0 Å². The molecular formula is C15H15ClFNO. The van der Waals surface area contributed by atoms with E-state index in [1.165, 1.54) is 12.1 Å². The summed E-state index contributed by atoms with van der Waals surface area (Å²) < 4.78 is 18.8. The molecule has 0 aliphatic heterocycles. The minimum absolute atomic E-state index is 0.0570. The third kappa shape index (κ3) is 3.46. The van der Waals surface area contributed by atoms with Crippen molar-refractivity contribution in [1.29, 1.82) is 0 Å². The lowest BCUT2D eigenvalue weighted by Crippen LogP contribution is -2.05. The molecule has 2 rings (SSSR count). The lowest BCUT2D eigenvalue weighted by atomic mass is 10.1. The Morgan fingerprint density at radius 3 is 2.68 bits per heavy atom. The number of aryl methyl sites for hydroxylation is 1. The maximum absolute atomic E-state index is 13.1. The van der Waals surface area contributed by atoms with E-state index in [0.29, 0.717) is 5.75 Å². The third-order valence-electron chi connectivity index (χ3n) is 2.75. The lowest BCUT2D eigenvalue weighted by Gasteiger charge is -2.11. The normalized spacial score (nSPS) is 10.5. The Kier molecular flexibility index (Phi) is 4.40. The van der Waals surface area contributed by atoms with Gasteiger partial charge in [-0.15, -0.1) is 0 Å². The average molecular weight is 280 g/mol. The molecule has 0 heterocycles. The SMILES string of the molecule is CNCc1ccc(C)c(Oc2ccc(F)c(Cl)c2)c1. The molecule has 2 aromatic rings. The van der Waals surface area contributed by atoms with Gasteiger partial charge in [0.05, 0.1) is 5.02 Å². The minimum Gasteiger partial charge on any atom is -0.457 e. The first-order chi connectivity index (χ1) is 9.10. The van der Waals surface area contributed by atoms with Gasteiger partial charge in [-0.25, -0.2) is 4.39 Å². The molecule has 2 nitrogen and oxygen atoms in total. The summed E-state index contributed by atoms with van der Waals surface area (Å²) in [7, 11) is 1.89. The quantitative estimate of drug-likeness (QED) is 0.901. The molecule has 4 heteroatoms. The highest BCUT2D eigenvalue weighted by Gasteiger charge is 2.06. The minimum atomic E-state index is -0.449. The van der Waals surface area contributed by atoms with Crippen LogP contribution in [0, 0.1) is 12.7 Å². The van der Waals surface area contributed by atoms with Crippen molar-refractivity contribution >= 4 is 11.6 Å². The molecule has 100 valence electrons. The van der Waals surface area contributed by atoms with Gasteiger partial charge in [0.25, 0.3) is 0 Å². The molecule has 19 heavy (non-hydrogen) atoms. The van der Waals surface area contributed by atoms with E-state index in [2.05, 4.69) is 5.32 Å². The van der Waals surface area contributed by atoms with Crippen LogP contribution in [0.25, 0.3) is 0 Å². The first kappa shape index (κ1) is 13.8. The molecule has 0 aromatic heterocycles. The third-order valence-corrected chi connectivity index (χ3v) is 3.04. The molecule has 0 saturated carbocycles. The summed E-state index contributed by atoms with van der Waals surface area (Å²) in [5.74, 6) is 0.821. The van der Waals surface area contributed by atoms with Gasteiger partial charge < -0.3 is 10.1 Å². The van der Waals surface area contributed by atoms with Crippen LogP contribution in [0.15, 0.2) is 36.4 Å². The molecule has 0 radical (unpaired) electrons. The monoisotopic (exact) mass is 279 g/mol. The van der Waals surface area contributed by atoms with Gasteiger partial charge in [-0.2, -0.15) is 0 Å². The van der Waals surface area contributed by atoms with Gasteiger partial charge in [-0.3, -0.25) is 0 Å². The number of halogens is 2. The van der Waals surface area contributed by atoms with Crippen molar-refractivity contribution in [1.82, 2.24) is 5.32 Å². The van der Waals surface area contributed by atoms with E-state index < -0.39 is 5.82 Å². The van der Waals surface area contributed by atoms with E-state index in [9.17, 15) is 4.39 Å². The highest BCUT2D eigenvalue weighted by atomic mass is 35.5. The van der Waals surface area contributed by atoms with Crippen molar-refractivity contribution in [2.75, 3.05) is 7.05 Å². The van der Waals surface area contributed by atoms with E-state index in [1.807, 2.05) is 32.2 Å². The second kappa shape index (κ2) is 6.04. The van der Waals surface area contributed by atoms with Crippen molar-refractivity contribution < 1.29 is 9.13 Å². The van der Waals surface area contributed by atoms with Crippen molar-refractivity contribution in [2.45, 2.75) is 13.5 Å². The summed E-state index contributed by atoms with van der Waals surface area (Å²) in [6, 6.07) is 10.3. The fourth-order valence-electron chi connectivity index (χ4n) is 1.74. The van der Waals surface area contributed by atoms with Crippen LogP contribution in [0.4, 0.5) is 4.39 Å². The van der Waals surface area contributed by atoms with E-state index in [1.54, 1.807) is 6.07 Å². The predicted octanol–water partition coefficient (Wildman–Crippen LogP) is 4.30. The van der Waals surface area contributed by atoms with Crippen LogP contribution in [-0.4, -0.2) is 7.05 Å². The molecule has 0 saturated heterocycles. The van der Waals surface area contributed by atoms with Gasteiger partial charge >= 0.3 is 0 Å². The Hall–Kier alpha value is -1.58. The number of hydrogen-bond acceptors (Lipinski definition) is 2. The van der Waals surface area contributed by atoms with E-state index in [0.717, 1.165) is 23.4 Å². The van der Waals surface area contributed by atoms with Crippen LogP contribution in [-0.2, 0) is 6.54 Å².